The van der Waals surface area contributed by atoms with E-state index in [1.807, 2.05) is 0 Å². The molecule has 2 rings (SSSR count). The second-order valence-electron chi connectivity index (χ2n) is 4.14. The fourth-order valence-corrected chi connectivity index (χ4v) is 2.17. The van der Waals surface area contributed by atoms with Gasteiger partial charge in [0.1, 0.15) is 0 Å². The Bertz CT molecular complexity index is 702. The van der Waals surface area contributed by atoms with Crippen molar-refractivity contribution in [3.8, 4) is 0 Å². The van der Waals surface area contributed by atoms with Gasteiger partial charge in [-0.15, -0.1) is 0 Å². The zero-order valence-corrected chi connectivity index (χ0v) is 13.0. The Morgan fingerprint density at radius 2 is 1.90 bits per heavy atom. The van der Waals surface area contributed by atoms with Gasteiger partial charge in [0.25, 0.3) is 5.91 Å². The van der Waals surface area contributed by atoms with Crippen LogP contribution in [-0.2, 0) is 0 Å². The molecule has 0 aliphatic heterocycles. The van der Waals surface area contributed by atoms with Gasteiger partial charge in [-0.05, 0) is 42.5 Å². The maximum absolute atomic E-state index is 12.2. The summed E-state index contributed by atoms with van der Waals surface area (Å²) in [5, 5.41) is 15.0. The van der Waals surface area contributed by atoms with Gasteiger partial charge in [0.15, 0.2) is 5.84 Å². The molecule has 0 atom stereocenters. The van der Waals surface area contributed by atoms with E-state index in [0.717, 1.165) is 4.47 Å². The third-order valence-electron chi connectivity index (χ3n) is 2.72. The standard InChI is InChI=1S/C14H11BrClN3O2/c15-9-3-6-12(11(7-9)13(17)19-21)18-14(20)8-1-4-10(16)5-2-8/h1-7,21H,(H2,17,19)(H,18,20). The SMILES string of the molecule is N/C(=N/O)c1cc(Br)ccc1NC(=O)c1ccc(Cl)cc1. The lowest BCUT2D eigenvalue weighted by atomic mass is 10.1. The van der Waals surface area contributed by atoms with Crippen molar-refractivity contribution in [3.05, 3.63) is 63.1 Å². The molecule has 7 heteroatoms. The number of amidine groups is 1. The molecule has 0 aliphatic carbocycles. The van der Waals surface area contributed by atoms with Gasteiger partial charge >= 0.3 is 0 Å². The number of rotatable bonds is 3. The molecule has 21 heavy (non-hydrogen) atoms. The summed E-state index contributed by atoms with van der Waals surface area (Å²) >= 11 is 9.08. The molecule has 0 saturated carbocycles. The van der Waals surface area contributed by atoms with Crippen LogP contribution in [0.4, 0.5) is 5.69 Å². The lowest BCUT2D eigenvalue weighted by molar-refractivity contribution is 0.102. The van der Waals surface area contributed by atoms with Crippen molar-refractivity contribution in [1.29, 1.82) is 0 Å². The molecule has 0 saturated heterocycles. The predicted octanol–water partition coefficient (Wildman–Crippen LogP) is 3.45. The van der Waals surface area contributed by atoms with Crippen LogP contribution < -0.4 is 11.1 Å². The highest BCUT2D eigenvalue weighted by molar-refractivity contribution is 9.10. The minimum Gasteiger partial charge on any atom is -0.409 e. The number of amides is 1. The van der Waals surface area contributed by atoms with Crippen molar-refractivity contribution in [2.24, 2.45) is 10.9 Å². The van der Waals surface area contributed by atoms with E-state index in [1.165, 1.54) is 0 Å². The molecule has 0 aliphatic rings. The highest BCUT2D eigenvalue weighted by atomic mass is 79.9. The first-order valence-corrected chi connectivity index (χ1v) is 7.02. The van der Waals surface area contributed by atoms with Crippen molar-refractivity contribution >= 4 is 45.0 Å². The van der Waals surface area contributed by atoms with E-state index in [4.69, 9.17) is 22.5 Å². The summed E-state index contributed by atoms with van der Waals surface area (Å²) in [5.74, 6) is -0.413. The lowest BCUT2D eigenvalue weighted by Crippen LogP contribution is -2.19. The zero-order chi connectivity index (χ0) is 15.4. The number of benzene rings is 2. The molecule has 0 heterocycles. The molecule has 4 N–H and O–H groups in total. The second kappa shape index (κ2) is 6.60. The van der Waals surface area contributed by atoms with E-state index >= 15 is 0 Å². The fourth-order valence-electron chi connectivity index (χ4n) is 1.69. The Kier molecular flexibility index (Phi) is 4.82. The van der Waals surface area contributed by atoms with Crippen LogP contribution in [0.2, 0.25) is 5.02 Å². The normalized spacial score (nSPS) is 11.2. The van der Waals surface area contributed by atoms with Gasteiger partial charge in [-0.2, -0.15) is 0 Å². The summed E-state index contributed by atoms with van der Waals surface area (Å²) < 4.78 is 0.744. The summed E-state index contributed by atoms with van der Waals surface area (Å²) in [6.45, 7) is 0. The Hall–Kier alpha value is -2.05. The molecule has 0 spiro atoms. The predicted molar refractivity (Wildman–Crippen MR) is 86.1 cm³/mol. The number of hydrogen-bond donors (Lipinski definition) is 3. The van der Waals surface area contributed by atoms with Crippen LogP contribution in [0.25, 0.3) is 0 Å². The molecule has 0 unspecified atom stereocenters. The number of nitrogens with one attached hydrogen (secondary N) is 1. The Balaban J connectivity index is 2.31. The molecule has 0 radical (unpaired) electrons. The van der Waals surface area contributed by atoms with Crippen LogP contribution >= 0.6 is 27.5 Å². The van der Waals surface area contributed by atoms with Gasteiger partial charge in [0.2, 0.25) is 0 Å². The van der Waals surface area contributed by atoms with Crippen molar-refractivity contribution in [2.75, 3.05) is 5.32 Å². The van der Waals surface area contributed by atoms with Crippen molar-refractivity contribution in [2.45, 2.75) is 0 Å². The molecule has 108 valence electrons. The fraction of sp³-hybridized carbons (Fsp3) is 0. The second-order valence-corrected chi connectivity index (χ2v) is 5.49. The third-order valence-corrected chi connectivity index (χ3v) is 3.47. The van der Waals surface area contributed by atoms with Gasteiger partial charge in [-0.3, -0.25) is 4.79 Å². The first-order valence-electron chi connectivity index (χ1n) is 5.85. The minimum atomic E-state index is -0.319. The summed E-state index contributed by atoms with van der Waals surface area (Å²) in [6.07, 6.45) is 0. The molecule has 2 aromatic rings. The van der Waals surface area contributed by atoms with E-state index in [9.17, 15) is 4.79 Å². The molecule has 0 fully saturated rings. The van der Waals surface area contributed by atoms with E-state index in [2.05, 4.69) is 26.4 Å². The molecule has 2 aromatic carbocycles. The number of anilines is 1. The summed E-state index contributed by atoms with van der Waals surface area (Å²) in [4.78, 5) is 12.2. The first kappa shape index (κ1) is 15.3. The number of nitrogens with zero attached hydrogens (tertiary/aromatic N) is 1. The monoisotopic (exact) mass is 367 g/mol. The highest BCUT2D eigenvalue weighted by Crippen LogP contribution is 2.22. The van der Waals surface area contributed by atoms with Crippen LogP contribution in [0, 0.1) is 0 Å². The third kappa shape index (κ3) is 3.74. The average Bonchev–Trinajstić information content (AvgIpc) is 2.48. The highest BCUT2D eigenvalue weighted by Gasteiger charge is 2.12. The van der Waals surface area contributed by atoms with E-state index in [1.54, 1.807) is 42.5 Å². The van der Waals surface area contributed by atoms with Crippen LogP contribution in [0.15, 0.2) is 52.1 Å². The van der Waals surface area contributed by atoms with Gasteiger partial charge < -0.3 is 16.3 Å². The van der Waals surface area contributed by atoms with Crippen molar-refractivity contribution in [1.82, 2.24) is 0 Å². The summed E-state index contributed by atoms with van der Waals surface area (Å²) in [6, 6.07) is 11.5. The number of nitrogens with two attached hydrogens (primary N) is 1. The topological polar surface area (TPSA) is 87.7 Å². The first-order chi connectivity index (χ1) is 10.0. The number of carbonyl (C=O) groups excluding carboxylic acids is 1. The Morgan fingerprint density at radius 3 is 2.52 bits per heavy atom. The molecule has 0 bridgehead atoms. The van der Waals surface area contributed by atoms with Crippen molar-refractivity contribution in [3.63, 3.8) is 0 Å². The van der Waals surface area contributed by atoms with E-state index in [0.29, 0.717) is 21.8 Å². The van der Waals surface area contributed by atoms with Crippen LogP contribution in [-0.4, -0.2) is 17.0 Å². The van der Waals surface area contributed by atoms with Gasteiger partial charge in [-0.1, -0.05) is 32.7 Å². The van der Waals surface area contributed by atoms with Gasteiger partial charge in [0.05, 0.1) is 5.69 Å². The number of halogens is 2. The molecular weight excluding hydrogens is 358 g/mol. The summed E-state index contributed by atoms with van der Waals surface area (Å²) in [7, 11) is 0. The Labute approximate surface area is 134 Å². The largest absolute Gasteiger partial charge is 0.409 e. The van der Waals surface area contributed by atoms with Crippen molar-refractivity contribution < 1.29 is 10.0 Å². The quantitative estimate of drug-likeness (QED) is 0.335. The van der Waals surface area contributed by atoms with Gasteiger partial charge in [-0.25, -0.2) is 0 Å². The zero-order valence-electron chi connectivity index (χ0n) is 10.7. The maximum atomic E-state index is 12.2. The van der Waals surface area contributed by atoms with Crippen LogP contribution in [0.3, 0.4) is 0 Å². The maximum Gasteiger partial charge on any atom is 0.255 e. The number of carbonyl (C=O) groups is 1. The number of oxime groups is 1. The smallest absolute Gasteiger partial charge is 0.255 e. The molecule has 1 amide bonds. The van der Waals surface area contributed by atoms with E-state index < -0.39 is 0 Å². The van der Waals surface area contributed by atoms with Crippen LogP contribution in [0.5, 0.6) is 0 Å². The molecular formula is C14H11BrClN3O2. The minimum absolute atomic E-state index is 0.0947. The average molecular weight is 369 g/mol. The lowest BCUT2D eigenvalue weighted by Gasteiger charge is -2.11. The van der Waals surface area contributed by atoms with Crippen LogP contribution in [0.1, 0.15) is 15.9 Å². The molecule has 0 aromatic heterocycles. The van der Waals surface area contributed by atoms with Gasteiger partial charge in [0, 0.05) is 20.6 Å². The molecule has 5 nitrogen and oxygen atoms in total. The number of hydrogen-bond acceptors (Lipinski definition) is 3. The van der Waals surface area contributed by atoms with E-state index in [-0.39, 0.29) is 11.7 Å². The Morgan fingerprint density at radius 1 is 1.24 bits per heavy atom. The summed E-state index contributed by atoms with van der Waals surface area (Å²) in [5.41, 5.74) is 6.91.